The molecule has 0 bridgehead atoms. The Kier molecular flexibility index (Phi) is 10.0. The number of anilines is 2. The topological polar surface area (TPSA) is 104 Å². The summed E-state index contributed by atoms with van der Waals surface area (Å²) in [5, 5.41) is 4.14. The van der Waals surface area contributed by atoms with Crippen molar-refractivity contribution in [2.45, 2.75) is 6.42 Å². The van der Waals surface area contributed by atoms with Crippen molar-refractivity contribution in [2.24, 2.45) is 0 Å². The van der Waals surface area contributed by atoms with Gasteiger partial charge in [0.05, 0.1) is 46.7 Å². The Morgan fingerprint density at radius 2 is 1.65 bits per heavy atom. The summed E-state index contributed by atoms with van der Waals surface area (Å²) in [5.41, 5.74) is 2.90. The fraction of sp³-hybridized carbons (Fsp3) is 0.303. The molecule has 1 aliphatic heterocycles. The molecule has 1 aromatic heterocycles. The van der Waals surface area contributed by atoms with Crippen LogP contribution in [-0.2, 0) is 4.74 Å². The molecular formula is C33H36N4O6. The number of hydrogen-bond donors (Lipinski definition) is 1. The lowest BCUT2D eigenvalue weighted by Gasteiger charge is -2.26. The van der Waals surface area contributed by atoms with Crippen molar-refractivity contribution in [1.82, 2.24) is 14.9 Å². The molecule has 1 N–H and O–H groups in total. The number of nitrogens with zero attached hydrogens (tertiary/aromatic N) is 3. The van der Waals surface area contributed by atoms with Gasteiger partial charge in [-0.1, -0.05) is 12.1 Å². The summed E-state index contributed by atoms with van der Waals surface area (Å²) >= 11 is 0. The van der Waals surface area contributed by atoms with Gasteiger partial charge in [-0.05, 0) is 60.5 Å². The number of morpholine rings is 1. The minimum Gasteiger partial charge on any atom is -0.493 e. The second kappa shape index (κ2) is 14.5. The molecule has 0 spiro atoms. The molecule has 0 unspecified atom stereocenters. The molecule has 0 atom stereocenters. The molecular weight excluding hydrogens is 548 g/mol. The maximum Gasteiger partial charge on any atom is 0.185 e. The van der Waals surface area contributed by atoms with Gasteiger partial charge in [-0.15, -0.1) is 0 Å². The standard InChI is InChI=1S/C33H36N4O6/c1-39-29-12-6-23(19-30(29)40-2)5-11-28(38)24-7-9-25(10-8-24)36-33-26-20-32(31(41-3)21-27(26)34-22-35-33)43-16-4-13-37-14-17-42-18-15-37/h5-12,19-22H,4,13-18H2,1-3H3,(H,34,35,36)/b11-5+. The summed E-state index contributed by atoms with van der Waals surface area (Å²) in [6, 6.07) is 16.5. The van der Waals surface area contributed by atoms with Gasteiger partial charge in [0.2, 0.25) is 0 Å². The molecule has 2 heterocycles. The average Bonchev–Trinajstić information content (AvgIpc) is 3.06. The number of aromatic nitrogens is 2. The summed E-state index contributed by atoms with van der Waals surface area (Å²) in [7, 11) is 4.78. The predicted octanol–water partition coefficient (Wildman–Crippen LogP) is 5.40. The highest BCUT2D eigenvalue weighted by atomic mass is 16.5. The number of benzene rings is 3. The molecule has 3 aromatic carbocycles. The van der Waals surface area contributed by atoms with Crippen LogP contribution in [0, 0.1) is 0 Å². The maximum absolute atomic E-state index is 12.8. The second-order valence-electron chi connectivity index (χ2n) is 9.91. The molecule has 4 aromatic rings. The number of fused-ring (bicyclic) bond motifs is 1. The molecule has 0 radical (unpaired) electrons. The molecule has 1 fully saturated rings. The lowest BCUT2D eigenvalue weighted by molar-refractivity contribution is 0.0357. The Balaban J connectivity index is 1.25. The monoisotopic (exact) mass is 584 g/mol. The number of carbonyl (C=O) groups excluding carboxylic acids is 1. The second-order valence-corrected chi connectivity index (χ2v) is 9.91. The first kappa shape index (κ1) is 29.8. The normalized spacial score (nSPS) is 13.7. The molecule has 0 saturated carbocycles. The first-order valence-corrected chi connectivity index (χ1v) is 14.1. The average molecular weight is 585 g/mol. The molecule has 5 rings (SSSR count). The van der Waals surface area contributed by atoms with Crippen molar-refractivity contribution in [3.63, 3.8) is 0 Å². The van der Waals surface area contributed by atoms with Gasteiger partial charge in [-0.2, -0.15) is 0 Å². The largest absolute Gasteiger partial charge is 0.493 e. The van der Waals surface area contributed by atoms with Crippen LogP contribution in [0.1, 0.15) is 22.3 Å². The fourth-order valence-corrected chi connectivity index (χ4v) is 4.81. The van der Waals surface area contributed by atoms with Crippen molar-refractivity contribution >= 4 is 34.3 Å². The van der Waals surface area contributed by atoms with Crippen LogP contribution in [0.15, 0.2) is 67.0 Å². The van der Waals surface area contributed by atoms with E-state index in [1.54, 1.807) is 45.6 Å². The van der Waals surface area contributed by atoms with Gasteiger partial charge in [-0.25, -0.2) is 9.97 Å². The molecule has 43 heavy (non-hydrogen) atoms. The number of ether oxygens (including phenoxy) is 5. The van der Waals surface area contributed by atoms with Crippen molar-refractivity contribution < 1.29 is 28.5 Å². The number of nitrogens with one attached hydrogen (secondary N) is 1. The number of hydrogen-bond acceptors (Lipinski definition) is 10. The van der Waals surface area contributed by atoms with Gasteiger partial charge in [0.1, 0.15) is 12.1 Å². The number of ketones is 1. The highest BCUT2D eigenvalue weighted by molar-refractivity contribution is 6.07. The lowest BCUT2D eigenvalue weighted by Crippen LogP contribution is -2.37. The molecule has 1 saturated heterocycles. The van der Waals surface area contributed by atoms with E-state index >= 15 is 0 Å². The van der Waals surface area contributed by atoms with E-state index < -0.39 is 0 Å². The third kappa shape index (κ3) is 7.59. The first-order valence-electron chi connectivity index (χ1n) is 14.1. The van der Waals surface area contributed by atoms with Crippen LogP contribution in [0.25, 0.3) is 17.0 Å². The summed E-state index contributed by atoms with van der Waals surface area (Å²) < 4.78 is 27.7. The van der Waals surface area contributed by atoms with Crippen LogP contribution >= 0.6 is 0 Å². The summed E-state index contributed by atoms with van der Waals surface area (Å²) in [4.78, 5) is 24.1. The molecule has 0 aliphatic carbocycles. The van der Waals surface area contributed by atoms with E-state index in [4.69, 9.17) is 23.7 Å². The van der Waals surface area contributed by atoms with E-state index in [1.807, 2.05) is 36.4 Å². The van der Waals surface area contributed by atoms with Crippen LogP contribution < -0.4 is 24.3 Å². The van der Waals surface area contributed by atoms with Crippen LogP contribution in [0.2, 0.25) is 0 Å². The van der Waals surface area contributed by atoms with Crippen molar-refractivity contribution in [3.8, 4) is 23.0 Å². The number of methoxy groups -OCH3 is 3. The first-order chi connectivity index (χ1) is 21.1. The third-order valence-corrected chi connectivity index (χ3v) is 7.17. The van der Waals surface area contributed by atoms with Crippen LogP contribution in [0.4, 0.5) is 11.5 Å². The van der Waals surface area contributed by atoms with Gasteiger partial charge in [0.15, 0.2) is 28.8 Å². The molecule has 224 valence electrons. The van der Waals surface area contributed by atoms with Gasteiger partial charge in [-0.3, -0.25) is 9.69 Å². The Hall–Kier alpha value is -4.67. The lowest BCUT2D eigenvalue weighted by atomic mass is 10.1. The highest BCUT2D eigenvalue weighted by Gasteiger charge is 2.14. The predicted molar refractivity (Wildman–Crippen MR) is 166 cm³/mol. The Morgan fingerprint density at radius 3 is 2.40 bits per heavy atom. The zero-order valence-electron chi connectivity index (χ0n) is 24.7. The number of carbonyl (C=O) groups is 1. The number of rotatable bonds is 13. The minimum atomic E-state index is -0.115. The highest BCUT2D eigenvalue weighted by Crippen LogP contribution is 2.35. The van der Waals surface area contributed by atoms with Crippen LogP contribution in [0.5, 0.6) is 23.0 Å². The Morgan fingerprint density at radius 1 is 0.907 bits per heavy atom. The SMILES string of the molecule is COc1ccc(/C=C/C(=O)c2ccc(Nc3ncnc4cc(OC)c(OCCCN5CCOCC5)cc34)cc2)cc1OC. The van der Waals surface area contributed by atoms with Gasteiger partial charge in [0.25, 0.3) is 0 Å². The molecule has 0 amide bonds. The molecule has 10 heteroatoms. The summed E-state index contributed by atoms with van der Waals surface area (Å²) in [5.74, 6) is 3.00. The van der Waals surface area contributed by atoms with Gasteiger partial charge < -0.3 is 29.0 Å². The Bertz CT molecular complexity index is 1570. The smallest absolute Gasteiger partial charge is 0.185 e. The van der Waals surface area contributed by atoms with Crippen LogP contribution in [0.3, 0.4) is 0 Å². The van der Waals surface area contributed by atoms with Gasteiger partial charge in [0, 0.05) is 42.3 Å². The van der Waals surface area contributed by atoms with E-state index in [1.165, 1.54) is 12.4 Å². The summed E-state index contributed by atoms with van der Waals surface area (Å²) in [6.07, 6.45) is 5.69. The van der Waals surface area contributed by atoms with Gasteiger partial charge >= 0.3 is 0 Å². The molecule has 1 aliphatic rings. The van der Waals surface area contributed by atoms with E-state index in [9.17, 15) is 4.79 Å². The third-order valence-electron chi connectivity index (χ3n) is 7.17. The summed E-state index contributed by atoms with van der Waals surface area (Å²) in [6.45, 7) is 5.00. The van der Waals surface area contributed by atoms with Crippen LogP contribution in [-0.4, -0.2) is 81.4 Å². The van der Waals surface area contributed by atoms with Crippen molar-refractivity contribution in [3.05, 3.63) is 78.1 Å². The van der Waals surface area contributed by atoms with Crippen molar-refractivity contribution in [1.29, 1.82) is 0 Å². The van der Waals surface area contributed by atoms with Crippen molar-refractivity contribution in [2.75, 3.05) is 66.1 Å². The number of allylic oxidation sites excluding steroid dienone is 1. The zero-order valence-corrected chi connectivity index (χ0v) is 24.7. The van der Waals surface area contributed by atoms with E-state index in [0.29, 0.717) is 41.0 Å². The quantitative estimate of drug-likeness (QED) is 0.125. The maximum atomic E-state index is 12.8. The van der Waals surface area contributed by atoms with E-state index in [2.05, 4.69) is 20.2 Å². The molecule has 10 nitrogen and oxygen atoms in total. The Labute approximate surface area is 251 Å². The fourth-order valence-electron chi connectivity index (χ4n) is 4.81. The zero-order chi connectivity index (χ0) is 30.0. The van der Waals surface area contributed by atoms with E-state index in [-0.39, 0.29) is 5.78 Å². The van der Waals surface area contributed by atoms with E-state index in [0.717, 1.165) is 61.4 Å². The minimum absolute atomic E-state index is 0.115.